The van der Waals surface area contributed by atoms with Gasteiger partial charge in [0.15, 0.2) is 0 Å². The summed E-state index contributed by atoms with van der Waals surface area (Å²) in [6.45, 7) is 1.61. The molecule has 33 heavy (non-hydrogen) atoms. The molecule has 2 aromatic carbocycles. The van der Waals surface area contributed by atoms with Gasteiger partial charge in [0.2, 0.25) is 11.8 Å². The number of halogens is 5. The van der Waals surface area contributed by atoms with E-state index in [9.17, 15) is 27.2 Å². The van der Waals surface area contributed by atoms with Crippen LogP contribution < -0.4 is 10.6 Å². The summed E-state index contributed by atoms with van der Waals surface area (Å²) in [5.41, 5.74) is 0.814. The molecule has 1 aliphatic rings. The van der Waals surface area contributed by atoms with Gasteiger partial charge >= 0.3 is 6.18 Å². The third-order valence-electron chi connectivity index (χ3n) is 5.48. The van der Waals surface area contributed by atoms with Crippen molar-refractivity contribution in [3.63, 3.8) is 0 Å². The number of hydrogen-bond donors (Lipinski definition) is 3. The molecule has 0 saturated heterocycles. The molecule has 4 rings (SSSR count). The van der Waals surface area contributed by atoms with E-state index in [2.05, 4.69) is 20.8 Å². The first-order valence-electron chi connectivity index (χ1n) is 9.82. The Morgan fingerprint density at radius 1 is 1.24 bits per heavy atom. The van der Waals surface area contributed by atoms with Crippen LogP contribution >= 0.6 is 11.6 Å². The van der Waals surface area contributed by atoms with Crippen molar-refractivity contribution in [2.75, 3.05) is 5.32 Å². The lowest BCUT2D eigenvalue weighted by Crippen LogP contribution is -2.32. The average molecular weight is 481 g/mol. The van der Waals surface area contributed by atoms with Crippen molar-refractivity contribution >= 4 is 40.0 Å². The van der Waals surface area contributed by atoms with Crippen LogP contribution in [0.25, 0.3) is 10.9 Å². The Kier molecular flexibility index (Phi) is 5.87. The molecule has 1 aliphatic heterocycles. The van der Waals surface area contributed by atoms with E-state index in [1.54, 1.807) is 6.92 Å². The standard InChI is InChI=1S/C22H17ClF4N4O2/c1-10-13(7-20(33)29-18-6-15-17(9-16(18)24)30-31-21(15)23)14(8-19(32)28-10)11-2-4-12(5-3-11)22(25,26)27/h2-6,9,14H,7-8H2,1H3,(H,28,32)(H,29,33)(H,30,31). The summed E-state index contributed by atoms with van der Waals surface area (Å²) in [5, 5.41) is 12.1. The second-order valence-corrected chi connectivity index (χ2v) is 8.06. The van der Waals surface area contributed by atoms with Gasteiger partial charge < -0.3 is 10.6 Å². The largest absolute Gasteiger partial charge is 0.416 e. The zero-order chi connectivity index (χ0) is 23.9. The van der Waals surface area contributed by atoms with Crippen molar-refractivity contribution < 1.29 is 27.2 Å². The van der Waals surface area contributed by atoms with Crippen LogP contribution in [0.4, 0.5) is 23.2 Å². The number of carbonyl (C=O) groups excluding carboxylic acids is 2. The van der Waals surface area contributed by atoms with Gasteiger partial charge in [0.1, 0.15) is 11.0 Å². The first-order chi connectivity index (χ1) is 15.5. The zero-order valence-corrected chi connectivity index (χ0v) is 17.9. The van der Waals surface area contributed by atoms with E-state index >= 15 is 0 Å². The summed E-state index contributed by atoms with van der Waals surface area (Å²) >= 11 is 5.98. The number of nitrogens with zero attached hydrogens (tertiary/aromatic N) is 1. The lowest BCUT2D eigenvalue weighted by molar-refractivity contribution is -0.137. The average Bonchev–Trinajstić information content (AvgIpc) is 3.09. The molecule has 3 aromatic rings. The molecular weight excluding hydrogens is 464 g/mol. The van der Waals surface area contributed by atoms with Crippen LogP contribution in [0.2, 0.25) is 5.15 Å². The Hall–Kier alpha value is -3.40. The molecule has 0 bridgehead atoms. The fourth-order valence-electron chi connectivity index (χ4n) is 3.85. The van der Waals surface area contributed by atoms with Gasteiger partial charge in [-0.05, 0) is 36.3 Å². The van der Waals surface area contributed by atoms with Crippen molar-refractivity contribution in [3.8, 4) is 0 Å². The minimum Gasteiger partial charge on any atom is -0.330 e. The number of benzene rings is 2. The van der Waals surface area contributed by atoms with Crippen molar-refractivity contribution in [3.05, 3.63) is 69.8 Å². The van der Waals surface area contributed by atoms with E-state index in [1.165, 1.54) is 18.2 Å². The Balaban J connectivity index is 1.59. The third-order valence-corrected chi connectivity index (χ3v) is 5.77. The number of hydrogen-bond acceptors (Lipinski definition) is 3. The highest BCUT2D eigenvalue weighted by Gasteiger charge is 2.32. The number of rotatable bonds is 4. The number of nitrogens with one attached hydrogen (secondary N) is 3. The predicted molar refractivity (Wildman–Crippen MR) is 114 cm³/mol. The van der Waals surface area contributed by atoms with Gasteiger partial charge in [-0.1, -0.05) is 23.7 Å². The second-order valence-electron chi connectivity index (χ2n) is 7.69. The Morgan fingerprint density at radius 2 is 1.94 bits per heavy atom. The molecule has 2 heterocycles. The maximum absolute atomic E-state index is 14.4. The molecule has 2 amide bonds. The van der Waals surface area contributed by atoms with Crippen LogP contribution in [0.1, 0.15) is 36.8 Å². The molecule has 3 N–H and O–H groups in total. The number of carbonyl (C=O) groups is 2. The number of allylic oxidation sites excluding steroid dienone is 1. The van der Waals surface area contributed by atoms with Crippen LogP contribution in [0.3, 0.4) is 0 Å². The van der Waals surface area contributed by atoms with Gasteiger partial charge in [-0.15, -0.1) is 0 Å². The fourth-order valence-corrected chi connectivity index (χ4v) is 4.05. The van der Waals surface area contributed by atoms with E-state index < -0.39 is 29.4 Å². The van der Waals surface area contributed by atoms with Crippen molar-refractivity contribution in [1.29, 1.82) is 0 Å². The Bertz CT molecular complexity index is 1280. The summed E-state index contributed by atoms with van der Waals surface area (Å²) < 4.78 is 53.1. The van der Waals surface area contributed by atoms with Gasteiger partial charge in [0, 0.05) is 29.5 Å². The maximum atomic E-state index is 14.4. The van der Waals surface area contributed by atoms with Gasteiger partial charge in [-0.25, -0.2) is 4.39 Å². The number of fused-ring (bicyclic) bond motifs is 1. The highest BCUT2D eigenvalue weighted by atomic mass is 35.5. The predicted octanol–water partition coefficient (Wildman–Crippen LogP) is 5.28. The van der Waals surface area contributed by atoms with Crippen LogP contribution in [-0.2, 0) is 15.8 Å². The lowest BCUT2D eigenvalue weighted by Gasteiger charge is -2.28. The molecular formula is C22H17ClF4N4O2. The van der Waals surface area contributed by atoms with Crippen LogP contribution in [-0.4, -0.2) is 22.0 Å². The first-order valence-corrected chi connectivity index (χ1v) is 10.2. The molecule has 0 saturated carbocycles. The van der Waals surface area contributed by atoms with E-state index in [-0.39, 0.29) is 29.6 Å². The fraction of sp³-hybridized carbons (Fsp3) is 0.227. The van der Waals surface area contributed by atoms with Crippen molar-refractivity contribution in [1.82, 2.24) is 15.5 Å². The highest BCUT2D eigenvalue weighted by molar-refractivity contribution is 6.34. The molecule has 1 atom stereocenters. The zero-order valence-electron chi connectivity index (χ0n) is 17.1. The van der Waals surface area contributed by atoms with Gasteiger partial charge in [0.25, 0.3) is 0 Å². The normalized spacial score (nSPS) is 16.8. The molecule has 6 nitrogen and oxygen atoms in total. The molecule has 0 aliphatic carbocycles. The summed E-state index contributed by atoms with van der Waals surface area (Å²) in [4.78, 5) is 24.8. The van der Waals surface area contributed by atoms with Crippen molar-refractivity contribution in [2.24, 2.45) is 0 Å². The lowest BCUT2D eigenvalue weighted by atomic mass is 9.82. The molecule has 11 heteroatoms. The molecule has 1 aromatic heterocycles. The van der Waals surface area contributed by atoms with Crippen molar-refractivity contribution in [2.45, 2.75) is 31.9 Å². The molecule has 172 valence electrons. The summed E-state index contributed by atoms with van der Waals surface area (Å²) in [6, 6.07) is 6.95. The summed E-state index contributed by atoms with van der Waals surface area (Å²) in [7, 11) is 0. The summed E-state index contributed by atoms with van der Waals surface area (Å²) in [5.74, 6) is -2.17. The highest BCUT2D eigenvalue weighted by Crippen LogP contribution is 2.37. The van der Waals surface area contributed by atoms with Gasteiger partial charge in [-0.3, -0.25) is 14.7 Å². The molecule has 0 radical (unpaired) electrons. The van der Waals surface area contributed by atoms with Crippen LogP contribution in [0.5, 0.6) is 0 Å². The summed E-state index contributed by atoms with van der Waals surface area (Å²) in [6.07, 6.45) is -4.72. The topological polar surface area (TPSA) is 86.9 Å². The number of aromatic amines is 1. The third kappa shape index (κ3) is 4.70. The number of amides is 2. The Labute approximate surface area is 190 Å². The Morgan fingerprint density at radius 3 is 2.61 bits per heavy atom. The van der Waals surface area contributed by atoms with Gasteiger partial charge in [0.05, 0.1) is 23.2 Å². The number of aromatic nitrogens is 2. The molecule has 0 spiro atoms. The maximum Gasteiger partial charge on any atom is 0.416 e. The van der Waals surface area contributed by atoms with Crippen LogP contribution in [0.15, 0.2) is 47.7 Å². The smallest absolute Gasteiger partial charge is 0.330 e. The number of H-pyrrole nitrogens is 1. The number of alkyl halides is 3. The van der Waals surface area contributed by atoms with E-state index in [1.807, 2.05) is 0 Å². The minimum atomic E-state index is -4.49. The monoisotopic (exact) mass is 480 g/mol. The molecule has 1 unspecified atom stereocenters. The van der Waals surface area contributed by atoms with Gasteiger partial charge in [-0.2, -0.15) is 18.3 Å². The van der Waals surface area contributed by atoms with E-state index in [0.29, 0.717) is 27.7 Å². The quantitative estimate of drug-likeness (QED) is 0.444. The second kappa shape index (κ2) is 8.51. The van der Waals surface area contributed by atoms with E-state index in [0.717, 1.165) is 18.2 Å². The van der Waals surface area contributed by atoms with Crippen LogP contribution in [0, 0.1) is 5.82 Å². The minimum absolute atomic E-state index is 0.0315. The SMILES string of the molecule is CC1=C(CC(=O)Nc2cc3c(Cl)[nH]nc3cc2F)C(c2ccc(C(F)(F)F)cc2)CC(=O)N1. The van der Waals surface area contributed by atoms with E-state index in [4.69, 9.17) is 11.6 Å². The number of anilines is 1. The molecule has 0 fully saturated rings. The first kappa shape index (κ1) is 22.8.